The van der Waals surface area contributed by atoms with Crippen molar-refractivity contribution in [1.29, 1.82) is 0 Å². The third-order valence-electron chi connectivity index (χ3n) is 5.00. The van der Waals surface area contributed by atoms with Crippen LogP contribution in [0, 0.1) is 13.8 Å². The van der Waals surface area contributed by atoms with Crippen molar-refractivity contribution >= 4 is 11.9 Å². The van der Waals surface area contributed by atoms with Gasteiger partial charge in [0.05, 0.1) is 30.7 Å². The zero-order chi connectivity index (χ0) is 21.7. The molecule has 0 radical (unpaired) electrons. The largest absolute Gasteiger partial charge is 0.466 e. The highest BCUT2D eigenvalue weighted by Gasteiger charge is 2.22. The van der Waals surface area contributed by atoms with E-state index in [1.807, 2.05) is 51.2 Å². The highest BCUT2D eigenvalue weighted by Crippen LogP contribution is 2.19. The van der Waals surface area contributed by atoms with E-state index in [9.17, 15) is 9.59 Å². The number of imidazole rings is 1. The van der Waals surface area contributed by atoms with Crippen molar-refractivity contribution in [3.8, 4) is 11.4 Å². The van der Waals surface area contributed by atoms with E-state index in [4.69, 9.17) is 4.74 Å². The third-order valence-corrected chi connectivity index (χ3v) is 5.00. The molecule has 2 heterocycles. The van der Waals surface area contributed by atoms with Gasteiger partial charge in [0.2, 0.25) is 5.91 Å². The van der Waals surface area contributed by atoms with Crippen LogP contribution in [0.4, 0.5) is 0 Å². The van der Waals surface area contributed by atoms with Crippen LogP contribution in [0.1, 0.15) is 36.0 Å². The van der Waals surface area contributed by atoms with Gasteiger partial charge >= 0.3 is 5.97 Å². The molecule has 0 aliphatic rings. The summed E-state index contributed by atoms with van der Waals surface area (Å²) >= 11 is 0. The van der Waals surface area contributed by atoms with Gasteiger partial charge in [-0.15, -0.1) is 0 Å². The van der Waals surface area contributed by atoms with Gasteiger partial charge in [-0.1, -0.05) is 30.3 Å². The molecule has 8 nitrogen and oxygen atoms in total. The third kappa shape index (κ3) is 4.94. The van der Waals surface area contributed by atoms with Gasteiger partial charge in [0.1, 0.15) is 12.2 Å². The average molecular weight is 409 g/mol. The molecule has 0 unspecified atom stereocenters. The summed E-state index contributed by atoms with van der Waals surface area (Å²) in [6.07, 6.45) is 1.42. The number of aromatic nitrogens is 4. The minimum absolute atomic E-state index is 0.244. The molecule has 8 heteroatoms. The van der Waals surface area contributed by atoms with Crippen molar-refractivity contribution in [3.63, 3.8) is 0 Å². The minimum atomic E-state index is -0.526. The number of nitrogens with one attached hydrogen (secondary N) is 1. The number of carbonyl (C=O) groups is 2. The van der Waals surface area contributed by atoms with Gasteiger partial charge in [0, 0.05) is 30.4 Å². The molecule has 0 atom stereocenters. The molecule has 30 heavy (non-hydrogen) atoms. The lowest BCUT2D eigenvalue weighted by Crippen LogP contribution is -2.32. The number of H-pyrrole nitrogens is 1. The first-order valence-corrected chi connectivity index (χ1v) is 9.90. The number of hydrogen-bond acceptors (Lipinski definition) is 5. The molecule has 0 saturated carbocycles. The van der Waals surface area contributed by atoms with Gasteiger partial charge in [-0.25, -0.2) is 4.98 Å². The second kappa shape index (κ2) is 9.39. The Morgan fingerprint density at radius 1 is 1.17 bits per heavy atom. The van der Waals surface area contributed by atoms with Crippen molar-refractivity contribution in [2.24, 2.45) is 7.05 Å². The molecule has 0 aliphatic carbocycles. The van der Waals surface area contributed by atoms with Crippen molar-refractivity contribution in [2.75, 3.05) is 6.61 Å². The first-order valence-electron chi connectivity index (χ1n) is 9.90. The summed E-state index contributed by atoms with van der Waals surface area (Å²) in [4.78, 5) is 34.1. The Morgan fingerprint density at radius 2 is 1.90 bits per heavy atom. The zero-order valence-electron chi connectivity index (χ0n) is 17.8. The number of ether oxygens (including phenoxy) is 1. The number of amides is 1. The molecule has 3 rings (SSSR count). The Hall–Kier alpha value is -3.42. The maximum atomic E-state index is 12.9. The van der Waals surface area contributed by atoms with Gasteiger partial charge in [-0.2, -0.15) is 5.10 Å². The fourth-order valence-electron chi connectivity index (χ4n) is 3.30. The zero-order valence-corrected chi connectivity index (χ0v) is 17.8. The standard InChI is InChI=1S/C22H27N5O3/c1-5-30-21(29)11-20(28)27(14-19-15(2)25-26(4)16(19)3)13-18-12-23-22(24-18)17-9-7-6-8-10-17/h6-10,12H,5,11,13-14H2,1-4H3,(H,23,24). The summed E-state index contributed by atoms with van der Waals surface area (Å²) in [5.41, 5.74) is 4.56. The Morgan fingerprint density at radius 3 is 2.53 bits per heavy atom. The topological polar surface area (TPSA) is 93.1 Å². The van der Waals surface area contributed by atoms with Crippen molar-refractivity contribution in [2.45, 2.75) is 40.3 Å². The predicted molar refractivity (Wildman–Crippen MR) is 112 cm³/mol. The molecule has 0 fully saturated rings. The van der Waals surface area contributed by atoms with E-state index in [0.29, 0.717) is 13.1 Å². The lowest BCUT2D eigenvalue weighted by molar-refractivity contribution is -0.149. The molecular weight excluding hydrogens is 382 g/mol. The first kappa shape index (κ1) is 21.3. The number of nitrogens with zero attached hydrogens (tertiary/aromatic N) is 4. The summed E-state index contributed by atoms with van der Waals surface area (Å²) in [6.45, 7) is 6.49. The monoisotopic (exact) mass is 409 g/mol. The summed E-state index contributed by atoms with van der Waals surface area (Å²) in [6, 6.07) is 9.77. The van der Waals surface area contributed by atoms with E-state index in [-0.39, 0.29) is 18.9 Å². The molecule has 0 spiro atoms. The number of esters is 1. The number of carbonyl (C=O) groups excluding carboxylic acids is 2. The minimum Gasteiger partial charge on any atom is -0.466 e. The highest BCUT2D eigenvalue weighted by molar-refractivity contribution is 5.94. The predicted octanol–water partition coefficient (Wildman–Crippen LogP) is 2.91. The fourth-order valence-corrected chi connectivity index (χ4v) is 3.30. The van der Waals surface area contributed by atoms with Crippen LogP contribution in [0.3, 0.4) is 0 Å². The fraction of sp³-hybridized carbons (Fsp3) is 0.364. The molecule has 1 aromatic carbocycles. The number of benzene rings is 1. The number of rotatable bonds is 8. The molecule has 0 saturated heterocycles. The molecule has 3 aromatic rings. The van der Waals surface area contributed by atoms with Crippen LogP contribution in [0.15, 0.2) is 36.5 Å². The van der Waals surface area contributed by atoms with E-state index < -0.39 is 5.97 Å². The van der Waals surface area contributed by atoms with E-state index in [1.165, 1.54) is 0 Å². The lowest BCUT2D eigenvalue weighted by atomic mass is 10.1. The molecule has 0 bridgehead atoms. The lowest BCUT2D eigenvalue weighted by Gasteiger charge is -2.22. The van der Waals surface area contributed by atoms with Crippen LogP contribution >= 0.6 is 0 Å². The van der Waals surface area contributed by atoms with Crippen LogP contribution in [0.25, 0.3) is 11.4 Å². The number of hydrogen-bond donors (Lipinski definition) is 1. The maximum absolute atomic E-state index is 12.9. The summed E-state index contributed by atoms with van der Waals surface area (Å²) in [5, 5.41) is 4.43. The van der Waals surface area contributed by atoms with Crippen molar-refractivity contribution < 1.29 is 14.3 Å². The number of aromatic amines is 1. The van der Waals surface area contributed by atoms with Crippen LogP contribution in [-0.2, 0) is 34.5 Å². The van der Waals surface area contributed by atoms with Gasteiger partial charge in [0.25, 0.3) is 0 Å². The van der Waals surface area contributed by atoms with E-state index in [0.717, 1.165) is 34.0 Å². The van der Waals surface area contributed by atoms with Gasteiger partial charge in [-0.3, -0.25) is 14.3 Å². The Balaban J connectivity index is 1.83. The maximum Gasteiger partial charge on any atom is 0.315 e. The SMILES string of the molecule is CCOC(=O)CC(=O)N(Cc1cnc(-c2ccccc2)[nH]1)Cc1c(C)nn(C)c1C. The van der Waals surface area contributed by atoms with E-state index in [2.05, 4.69) is 15.1 Å². The van der Waals surface area contributed by atoms with Crippen LogP contribution in [-0.4, -0.2) is 43.1 Å². The van der Waals surface area contributed by atoms with Crippen LogP contribution in [0.2, 0.25) is 0 Å². The van der Waals surface area contributed by atoms with E-state index in [1.54, 1.807) is 22.7 Å². The second-order valence-electron chi connectivity index (χ2n) is 7.13. The summed E-state index contributed by atoms with van der Waals surface area (Å²) < 4.78 is 6.75. The molecule has 158 valence electrons. The van der Waals surface area contributed by atoms with Gasteiger partial charge in [0.15, 0.2) is 0 Å². The molecular formula is C22H27N5O3. The Labute approximate surface area is 175 Å². The van der Waals surface area contributed by atoms with Gasteiger partial charge in [-0.05, 0) is 20.8 Å². The van der Waals surface area contributed by atoms with Crippen molar-refractivity contribution in [1.82, 2.24) is 24.6 Å². The average Bonchev–Trinajstić information content (AvgIpc) is 3.28. The molecule has 1 N–H and O–H groups in total. The normalized spacial score (nSPS) is 10.8. The highest BCUT2D eigenvalue weighted by atomic mass is 16.5. The summed E-state index contributed by atoms with van der Waals surface area (Å²) in [7, 11) is 1.87. The van der Waals surface area contributed by atoms with Crippen molar-refractivity contribution in [3.05, 3.63) is 59.2 Å². The van der Waals surface area contributed by atoms with Crippen LogP contribution < -0.4 is 0 Å². The smallest absolute Gasteiger partial charge is 0.315 e. The quantitative estimate of drug-likeness (QED) is 0.456. The van der Waals surface area contributed by atoms with Crippen LogP contribution in [0.5, 0.6) is 0 Å². The van der Waals surface area contributed by atoms with Gasteiger partial charge < -0.3 is 14.6 Å². The molecule has 0 aliphatic heterocycles. The second-order valence-corrected chi connectivity index (χ2v) is 7.13. The molecule has 2 aromatic heterocycles. The van der Waals surface area contributed by atoms with E-state index >= 15 is 0 Å². The summed E-state index contributed by atoms with van der Waals surface area (Å²) in [5.74, 6) is -0.0918. The Kier molecular flexibility index (Phi) is 6.66. The first-order chi connectivity index (χ1) is 14.4. The Bertz CT molecular complexity index is 1020. The number of aryl methyl sites for hydroxylation is 2. The molecule has 1 amide bonds.